The Morgan fingerprint density at radius 1 is 1.24 bits per heavy atom. The van der Waals surface area contributed by atoms with Crippen molar-refractivity contribution in [3.63, 3.8) is 0 Å². The van der Waals surface area contributed by atoms with Crippen molar-refractivity contribution in [2.45, 2.75) is 68.1 Å². The van der Waals surface area contributed by atoms with Gasteiger partial charge in [-0.25, -0.2) is 0 Å². The summed E-state index contributed by atoms with van der Waals surface area (Å²) in [7, 11) is 0. The molecule has 1 aromatic rings. The Kier molecular flexibility index (Phi) is 6.22. The fourth-order valence-electron chi connectivity index (χ4n) is 6.06. The van der Waals surface area contributed by atoms with Crippen LogP contribution in [0, 0.1) is 5.92 Å². The van der Waals surface area contributed by atoms with E-state index in [-0.39, 0.29) is 16.6 Å². The summed E-state index contributed by atoms with van der Waals surface area (Å²) in [5.74, 6) is 0.478. The van der Waals surface area contributed by atoms with E-state index in [4.69, 9.17) is 21.3 Å². The van der Waals surface area contributed by atoms with Crippen molar-refractivity contribution in [1.29, 1.82) is 0 Å². The maximum atomic E-state index is 6.38. The molecule has 3 aliphatic heterocycles. The predicted molar refractivity (Wildman–Crippen MR) is 145 cm³/mol. The molecule has 0 aromatic heterocycles. The highest BCUT2D eigenvalue weighted by Gasteiger charge is 2.44. The zero-order chi connectivity index (χ0) is 23.3. The van der Waals surface area contributed by atoms with E-state index in [1.807, 2.05) is 12.3 Å². The van der Waals surface area contributed by atoms with E-state index < -0.39 is 0 Å². The van der Waals surface area contributed by atoms with E-state index in [2.05, 4.69) is 70.3 Å². The number of allylic oxidation sites excluding steroid dienone is 4. The van der Waals surface area contributed by atoms with Crippen molar-refractivity contribution in [3.8, 4) is 0 Å². The minimum Gasteiger partial charge on any atom is -0.353 e. The van der Waals surface area contributed by atoms with Crippen molar-refractivity contribution >= 4 is 39.3 Å². The molecule has 178 valence electrons. The molecule has 2 aliphatic carbocycles. The number of rotatable bonds is 3. The SMILES string of the molecule is CC1(Br)C=CC(CC2OC2N2CCC(=C3c4ccc(Cl)cc4CCC4C=CC=NC34)CC2)=CC1. The lowest BCUT2D eigenvalue weighted by atomic mass is 9.83. The Morgan fingerprint density at radius 2 is 2.09 bits per heavy atom. The molecule has 3 heterocycles. The van der Waals surface area contributed by atoms with Crippen LogP contribution in [0.4, 0.5) is 0 Å². The van der Waals surface area contributed by atoms with Crippen LogP contribution in [0.15, 0.2) is 64.7 Å². The standard InChI is InChI=1S/C29H32BrClN2O/c1-29(30)12-8-19(9-13-29)17-25-28(34-25)33-15-10-20(11-16-33)26-24-7-6-23(31)18-22(24)5-4-21-3-2-14-32-27(21)26/h2-3,6-9,12,14,18,21,25,27-28H,4-5,10-11,13,15-17H2,1H3. The summed E-state index contributed by atoms with van der Waals surface area (Å²) in [6, 6.07) is 6.70. The lowest BCUT2D eigenvalue weighted by molar-refractivity contribution is 0.165. The summed E-state index contributed by atoms with van der Waals surface area (Å²) in [6.45, 7) is 4.34. The van der Waals surface area contributed by atoms with Gasteiger partial charge in [-0.05, 0) is 79.5 Å². The molecule has 2 saturated heterocycles. The molecule has 5 atom stereocenters. The molecule has 0 spiro atoms. The summed E-state index contributed by atoms with van der Waals surface area (Å²) in [4.78, 5) is 7.54. The molecule has 3 nitrogen and oxygen atoms in total. The second-order valence-corrected chi connectivity index (χ2v) is 12.8. The summed E-state index contributed by atoms with van der Waals surface area (Å²) in [5, 5.41) is 0.836. The monoisotopic (exact) mass is 538 g/mol. The minimum absolute atomic E-state index is 0.107. The van der Waals surface area contributed by atoms with E-state index in [0.717, 1.165) is 56.6 Å². The van der Waals surface area contributed by atoms with E-state index in [0.29, 0.717) is 12.0 Å². The van der Waals surface area contributed by atoms with Gasteiger partial charge >= 0.3 is 0 Å². The molecule has 5 aliphatic rings. The average molecular weight is 540 g/mol. The minimum atomic E-state index is 0.107. The highest BCUT2D eigenvalue weighted by Crippen LogP contribution is 2.43. The molecule has 0 amide bonds. The molecule has 5 heteroatoms. The van der Waals surface area contributed by atoms with Crippen molar-refractivity contribution in [3.05, 3.63) is 75.9 Å². The van der Waals surface area contributed by atoms with Crippen LogP contribution in [0.25, 0.3) is 5.57 Å². The van der Waals surface area contributed by atoms with Gasteiger partial charge in [0.25, 0.3) is 0 Å². The number of aryl methyl sites for hydroxylation is 1. The number of alkyl halides is 1. The highest BCUT2D eigenvalue weighted by atomic mass is 79.9. The van der Waals surface area contributed by atoms with E-state index in [1.54, 1.807) is 5.57 Å². The molecule has 2 fully saturated rings. The van der Waals surface area contributed by atoms with Gasteiger partial charge in [-0.1, -0.05) is 63.5 Å². The van der Waals surface area contributed by atoms with Crippen LogP contribution in [-0.4, -0.2) is 46.9 Å². The number of aliphatic imine (C=N–C) groups is 1. The number of hydrogen-bond acceptors (Lipinski definition) is 3. The van der Waals surface area contributed by atoms with Gasteiger partial charge in [0.05, 0.1) is 6.04 Å². The Balaban J connectivity index is 1.17. The number of benzene rings is 1. The molecule has 0 saturated carbocycles. The maximum absolute atomic E-state index is 6.38. The maximum Gasteiger partial charge on any atom is 0.138 e. The van der Waals surface area contributed by atoms with Crippen molar-refractivity contribution in [2.75, 3.05) is 13.1 Å². The smallest absolute Gasteiger partial charge is 0.138 e. The average Bonchev–Trinajstić information content (AvgIpc) is 3.62. The molecule has 6 rings (SSSR count). The molecule has 1 aromatic carbocycles. The lowest BCUT2D eigenvalue weighted by Crippen LogP contribution is -2.35. The zero-order valence-corrected chi connectivity index (χ0v) is 22.1. The summed E-state index contributed by atoms with van der Waals surface area (Å²) >= 11 is 10.1. The second-order valence-electron chi connectivity index (χ2n) is 10.5. The number of epoxide rings is 1. The van der Waals surface area contributed by atoms with E-state index in [1.165, 1.54) is 22.3 Å². The molecule has 5 unspecified atom stereocenters. The quantitative estimate of drug-likeness (QED) is 0.308. The summed E-state index contributed by atoms with van der Waals surface area (Å²) < 4.78 is 6.25. The number of fused-ring (bicyclic) bond motifs is 2. The highest BCUT2D eigenvalue weighted by molar-refractivity contribution is 9.10. The lowest BCUT2D eigenvalue weighted by Gasteiger charge is -2.32. The van der Waals surface area contributed by atoms with Gasteiger partial charge in [-0.2, -0.15) is 0 Å². The third-order valence-corrected chi connectivity index (χ3v) is 8.86. The summed E-state index contributed by atoms with van der Waals surface area (Å²) in [5.41, 5.74) is 7.22. The van der Waals surface area contributed by atoms with E-state index in [9.17, 15) is 0 Å². The number of ether oxygens (including phenoxy) is 1. The van der Waals surface area contributed by atoms with Crippen LogP contribution in [0.1, 0.15) is 50.2 Å². The van der Waals surface area contributed by atoms with Gasteiger partial charge in [0.2, 0.25) is 0 Å². The normalized spacial score (nSPS) is 35.0. The van der Waals surface area contributed by atoms with Gasteiger partial charge in [-0.15, -0.1) is 0 Å². The Labute approximate surface area is 216 Å². The number of likely N-dealkylation sites (tertiary alicyclic amines) is 1. The first-order valence-electron chi connectivity index (χ1n) is 12.6. The fourth-order valence-corrected chi connectivity index (χ4v) is 6.55. The van der Waals surface area contributed by atoms with Crippen molar-refractivity contribution in [1.82, 2.24) is 4.90 Å². The van der Waals surface area contributed by atoms with Crippen LogP contribution in [-0.2, 0) is 11.2 Å². The Morgan fingerprint density at radius 3 is 2.88 bits per heavy atom. The fraction of sp³-hybridized carbons (Fsp3) is 0.483. The van der Waals surface area contributed by atoms with Gasteiger partial charge in [0.1, 0.15) is 12.3 Å². The number of hydrogen-bond donors (Lipinski definition) is 0. The van der Waals surface area contributed by atoms with Crippen LogP contribution in [0.2, 0.25) is 5.02 Å². The topological polar surface area (TPSA) is 28.1 Å². The Hall–Kier alpha value is -1.46. The zero-order valence-electron chi connectivity index (χ0n) is 19.7. The summed E-state index contributed by atoms with van der Waals surface area (Å²) in [6.07, 6.45) is 20.4. The molecule has 0 N–H and O–H groups in total. The molecular formula is C29H32BrClN2O. The molecule has 0 bridgehead atoms. The number of dihydropyridines is 1. The largest absolute Gasteiger partial charge is 0.353 e. The van der Waals surface area contributed by atoms with Crippen LogP contribution in [0.3, 0.4) is 0 Å². The van der Waals surface area contributed by atoms with E-state index >= 15 is 0 Å². The van der Waals surface area contributed by atoms with Gasteiger partial charge in [-0.3, -0.25) is 9.89 Å². The third kappa shape index (κ3) is 4.67. The van der Waals surface area contributed by atoms with Crippen LogP contribution < -0.4 is 0 Å². The Bertz CT molecular complexity index is 1120. The van der Waals surface area contributed by atoms with Gasteiger partial charge in [0, 0.05) is 41.0 Å². The molecule has 34 heavy (non-hydrogen) atoms. The first-order valence-corrected chi connectivity index (χ1v) is 13.8. The predicted octanol–water partition coefficient (Wildman–Crippen LogP) is 6.92. The van der Waals surface area contributed by atoms with Gasteiger partial charge < -0.3 is 4.74 Å². The second kappa shape index (κ2) is 9.20. The van der Waals surface area contributed by atoms with Crippen molar-refractivity contribution in [2.24, 2.45) is 10.9 Å². The third-order valence-electron chi connectivity index (χ3n) is 8.04. The number of nitrogens with zero attached hydrogens (tertiary/aromatic N) is 2. The van der Waals surface area contributed by atoms with Crippen molar-refractivity contribution < 1.29 is 4.74 Å². The van der Waals surface area contributed by atoms with Crippen LogP contribution in [0.5, 0.6) is 0 Å². The number of halogens is 2. The van der Waals surface area contributed by atoms with Crippen LogP contribution >= 0.6 is 27.5 Å². The van der Waals surface area contributed by atoms with Gasteiger partial charge in [0.15, 0.2) is 0 Å². The molecular weight excluding hydrogens is 508 g/mol. The number of piperidine rings is 1. The first-order chi connectivity index (χ1) is 16.5. The molecule has 0 radical (unpaired) electrons. The first kappa shape index (κ1) is 23.0.